The van der Waals surface area contributed by atoms with Crippen LogP contribution in [0.1, 0.15) is 5.69 Å². The van der Waals surface area contributed by atoms with Crippen LogP contribution in [0.15, 0.2) is 29.6 Å². The summed E-state index contributed by atoms with van der Waals surface area (Å²) in [6, 6.07) is 7.22. The molecule has 6 nitrogen and oxygen atoms in total. The Labute approximate surface area is 135 Å². The fourth-order valence-electron chi connectivity index (χ4n) is 1.97. The summed E-state index contributed by atoms with van der Waals surface area (Å²) in [5, 5.41) is 6.53. The van der Waals surface area contributed by atoms with Gasteiger partial charge in [0.05, 0.1) is 16.3 Å². The molecule has 3 rings (SSSR count). The molecule has 2 aromatic heterocycles. The Morgan fingerprint density at radius 2 is 1.95 bits per heavy atom. The molecular formula is C14H14N5OS2+. The summed E-state index contributed by atoms with van der Waals surface area (Å²) in [6.07, 6.45) is 0. The van der Waals surface area contributed by atoms with Gasteiger partial charge in [0, 0.05) is 32.9 Å². The molecule has 8 heteroatoms. The van der Waals surface area contributed by atoms with E-state index >= 15 is 0 Å². The number of hydrogen-bond acceptors (Lipinski definition) is 7. The lowest BCUT2D eigenvalue weighted by Gasteiger charge is -2.01. The number of nitrogen functional groups attached to an aromatic ring is 1. The summed E-state index contributed by atoms with van der Waals surface area (Å²) >= 11 is 2.95. The molecule has 0 spiro atoms. The van der Waals surface area contributed by atoms with Crippen LogP contribution >= 0.6 is 22.7 Å². The van der Waals surface area contributed by atoms with Gasteiger partial charge >= 0.3 is 0 Å². The third-order valence-electron chi connectivity index (χ3n) is 3.03. The number of nitroso groups, excluding NO2 is 1. The summed E-state index contributed by atoms with van der Waals surface area (Å²) in [6.45, 7) is 1.92. The first-order valence-corrected chi connectivity index (χ1v) is 8.19. The minimum atomic E-state index is 0.548. The van der Waals surface area contributed by atoms with Gasteiger partial charge in [0.15, 0.2) is 17.3 Å². The fourth-order valence-corrected chi connectivity index (χ4v) is 3.56. The fraction of sp³-hybridized carbons (Fsp3) is 0.143. The van der Waals surface area contributed by atoms with E-state index in [4.69, 9.17) is 5.73 Å². The third kappa shape index (κ3) is 2.97. The van der Waals surface area contributed by atoms with Gasteiger partial charge in [-0.05, 0) is 19.1 Å². The number of benzene rings is 1. The molecule has 0 radical (unpaired) electrons. The molecule has 0 amide bonds. The molecule has 0 unspecified atom stereocenters. The highest BCUT2D eigenvalue weighted by atomic mass is 32.1. The Hall–Kier alpha value is -2.32. The van der Waals surface area contributed by atoms with Gasteiger partial charge in [-0.25, -0.2) is 9.97 Å². The molecule has 0 saturated heterocycles. The maximum atomic E-state index is 11.2. The van der Waals surface area contributed by atoms with Crippen molar-refractivity contribution in [3.63, 3.8) is 0 Å². The lowest BCUT2D eigenvalue weighted by atomic mass is 10.3. The third-order valence-corrected chi connectivity index (χ3v) is 4.80. The summed E-state index contributed by atoms with van der Waals surface area (Å²) in [5.41, 5.74) is 8.98. The number of nitrogens with zero attached hydrogens (tertiary/aromatic N) is 3. The average Bonchev–Trinajstić information content (AvgIpc) is 3.06. The van der Waals surface area contributed by atoms with E-state index in [-0.39, 0.29) is 0 Å². The predicted octanol–water partition coefficient (Wildman–Crippen LogP) is 3.94. The van der Waals surface area contributed by atoms with Gasteiger partial charge in [-0.15, -0.1) is 11.3 Å². The minimum Gasteiger partial charge on any atom is -0.375 e. The Kier molecular flexibility index (Phi) is 3.86. The second-order valence-corrected chi connectivity index (χ2v) is 6.56. The average molecular weight is 332 g/mol. The predicted molar refractivity (Wildman–Crippen MR) is 91.3 cm³/mol. The molecule has 112 valence electrons. The molecule has 0 aliphatic heterocycles. The Bertz CT molecular complexity index is 822. The van der Waals surface area contributed by atoms with Crippen LogP contribution < -0.4 is 11.1 Å². The molecule has 0 aliphatic rings. The molecule has 22 heavy (non-hydrogen) atoms. The van der Waals surface area contributed by atoms with E-state index in [1.807, 2.05) is 24.4 Å². The largest absolute Gasteiger partial charge is 0.375 e. The molecule has 3 N–H and O–H groups in total. The van der Waals surface area contributed by atoms with Crippen LogP contribution in [0.5, 0.6) is 0 Å². The molecule has 0 atom stereocenters. The van der Waals surface area contributed by atoms with Crippen LogP contribution in [-0.2, 0) is 0 Å². The number of rotatable bonds is 4. The van der Waals surface area contributed by atoms with Crippen molar-refractivity contribution in [3.8, 4) is 10.6 Å². The minimum absolute atomic E-state index is 0.548. The van der Waals surface area contributed by atoms with Crippen molar-refractivity contribution in [1.82, 2.24) is 9.97 Å². The zero-order chi connectivity index (χ0) is 15.7. The van der Waals surface area contributed by atoms with E-state index in [1.165, 1.54) is 29.7 Å². The van der Waals surface area contributed by atoms with Gasteiger partial charge in [0.25, 0.3) is 5.69 Å². The van der Waals surface area contributed by atoms with E-state index in [2.05, 4.69) is 15.3 Å². The molecule has 0 aliphatic carbocycles. The SMILES string of the molecule is Cc1nc(N)sc1-c1csc(Nc2ccc([N+](C)=O)cc2)n1. The summed E-state index contributed by atoms with van der Waals surface area (Å²) in [5.74, 6) is 0. The monoisotopic (exact) mass is 332 g/mol. The Morgan fingerprint density at radius 3 is 2.55 bits per heavy atom. The number of anilines is 3. The van der Waals surface area contributed by atoms with Crippen LogP contribution in [0, 0.1) is 11.8 Å². The maximum Gasteiger partial charge on any atom is 0.255 e. The van der Waals surface area contributed by atoms with Crippen molar-refractivity contribution in [2.45, 2.75) is 6.92 Å². The number of aromatic nitrogens is 2. The second-order valence-electron chi connectivity index (χ2n) is 4.67. The van der Waals surface area contributed by atoms with Crippen molar-refractivity contribution < 1.29 is 4.76 Å². The van der Waals surface area contributed by atoms with Gasteiger partial charge in [-0.3, -0.25) is 0 Å². The lowest BCUT2D eigenvalue weighted by molar-refractivity contribution is -0.428. The van der Waals surface area contributed by atoms with Crippen molar-refractivity contribution >= 4 is 44.3 Å². The lowest BCUT2D eigenvalue weighted by Crippen LogP contribution is -1.92. The highest BCUT2D eigenvalue weighted by molar-refractivity contribution is 7.19. The molecule has 0 bridgehead atoms. The van der Waals surface area contributed by atoms with E-state index in [0.717, 1.165) is 31.8 Å². The van der Waals surface area contributed by atoms with E-state index < -0.39 is 0 Å². The van der Waals surface area contributed by atoms with Gasteiger partial charge < -0.3 is 11.1 Å². The summed E-state index contributed by atoms with van der Waals surface area (Å²) in [7, 11) is 1.47. The molecule has 2 heterocycles. The van der Waals surface area contributed by atoms with Gasteiger partial charge in [-0.2, -0.15) is 0 Å². The summed E-state index contributed by atoms with van der Waals surface area (Å²) < 4.78 is 0.822. The van der Waals surface area contributed by atoms with Gasteiger partial charge in [0.2, 0.25) is 0 Å². The standard InChI is InChI=1S/C14H14N5OS2/c1-8-12(22-13(15)16-8)11-7-21-14(18-11)17-9-3-5-10(6-4-9)19(2)20/h3-7H,1-2H3,(H2,15,16)(H,17,18)/q+1. The smallest absolute Gasteiger partial charge is 0.255 e. The molecule has 0 saturated carbocycles. The van der Waals surface area contributed by atoms with Crippen molar-refractivity contribution in [2.24, 2.45) is 0 Å². The Balaban J connectivity index is 1.79. The molecule has 0 fully saturated rings. The normalized spacial score (nSPS) is 10.6. The van der Waals surface area contributed by atoms with E-state index in [0.29, 0.717) is 10.8 Å². The van der Waals surface area contributed by atoms with Crippen LogP contribution in [-0.4, -0.2) is 21.8 Å². The van der Waals surface area contributed by atoms with Crippen molar-refractivity contribution in [3.05, 3.63) is 40.2 Å². The number of nitrogens with two attached hydrogens (primary N) is 1. The van der Waals surface area contributed by atoms with Crippen molar-refractivity contribution in [1.29, 1.82) is 0 Å². The first kappa shape index (κ1) is 14.6. The molecular weight excluding hydrogens is 318 g/mol. The maximum absolute atomic E-state index is 11.2. The zero-order valence-electron chi connectivity index (χ0n) is 12.0. The van der Waals surface area contributed by atoms with Gasteiger partial charge in [-0.1, -0.05) is 11.3 Å². The van der Waals surface area contributed by atoms with Crippen LogP contribution in [0.3, 0.4) is 0 Å². The van der Waals surface area contributed by atoms with Gasteiger partial charge in [0.1, 0.15) is 0 Å². The van der Waals surface area contributed by atoms with Crippen LogP contribution in [0.25, 0.3) is 10.6 Å². The summed E-state index contributed by atoms with van der Waals surface area (Å²) in [4.78, 5) is 20.9. The topological polar surface area (TPSA) is 83.9 Å². The highest BCUT2D eigenvalue weighted by Gasteiger charge is 2.12. The van der Waals surface area contributed by atoms with Crippen molar-refractivity contribution in [2.75, 3.05) is 18.1 Å². The highest BCUT2D eigenvalue weighted by Crippen LogP contribution is 2.34. The zero-order valence-corrected chi connectivity index (χ0v) is 13.7. The van der Waals surface area contributed by atoms with E-state index in [1.54, 1.807) is 12.1 Å². The first-order valence-electron chi connectivity index (χ1n) is 6.49. The number of hydrogen-bond donors (Lipinski definition) is 2. The quantitative estimate of drug-likeness (QED) is 0.707. The molecule has 3 aromatic rings. The first-order chi connectivity index (χ1) is 10.5. The molecule has 1 aromatic carbocycles. The number of nitrogens with one attached hydrogen (secondary N) is 1. The second kappa shape index (κ2) is 5.82. The van der Waals surface area contributed by atoms with Crippen LogP contribution in [0.4, 0.5) is 21.6 Å². The number of thiazole rings is 2. The Morgan fingerprint density at radius 1 is 1.23 bits per heavy atom. The number of aryl methyl sites for hydroxylation is 1. The van der Waals surface area contributed by atoms with E-state index in [9.17, 15) is 4.91 Å². The van der Waals surface area contributed by atoms with Crippen LogP contribution in [0.2, 0.25) is 0 Å².